The molecule has 1 N–H and O–H groups in total. The molecule has 0 amide bonds. The van der Waals surface area contributed by atoms with E-state index < -0.39 is 0 Å². The second kappa shape index (κ2) is 4.27. The van der Waals surface area contributed by atoms with E-state index in [1.54, 1.807) is 0 Å². The lowest BCUT2D eigenvalue weighted by molar-refractivity contribution is -0.143. The van der Waals surface area contributed by atoms with Crippen LogP contribution in [0.5, 0.6) is 0 Å². The van der Waals surface area contributed by atoms with Crippen molar-refractivity contribution in [1.29, 1.82) is 0 Å². The highest BCUT2D eigenvalue weighted by molar-refractivity contribution is 5.75. The smallest absolute Gasteiger partial charge is 0.322 e. The molecule has 0 radical (unpaired) electrons. The van der Waals surface area contributed by atoms with E-state index in [9.17, 15) is 4.79 Å². The maximum atomic E-state index is 11.4. The molecule has 3 aliphatic carbocycles. The van der Waals surface area contributed by atoms with E-state index in [-0.39, 0.29) is 12.0 Å². The van der Waals surface area contributed by atoms with Crippen molar-refractivity contribution >= 4 is 5.97 Å². The molecule has 17 heavy (non-hydrogen) atoms. The molecule has 3 saturated carbocycles. The Morgan fingerprint density at radius 3 is 2.76 bits per heavy atom. The van der Waals surface area contributed by atoms with Gasteiger partial charge in [-0.25, -0.2) is 0 Å². The summed E-state index contributed by atoms with van der Waals surface area (Å²) in [7, 11) is 1.47. The number of fused-ring (bicyclic) bond motifs is 5. The quantitative estimate of drug-likeness (QED) is 0.763. The van der Waals surface area contributed by atoms with Gasteiger partial charge in [0.2, 0.25) is 0 Å². The highest BCUT2D eigenvalue weighted by Crippen LogP contribution is 2.58. The Kier molecular flexibility index (Phi) is 2.89. The van der Waals surface area contributed by atoms with Crippen LogP contribution in [0.15, 0.2) is 0 Å². The molecule has 0 aromatic carbocycles. The highest BCUT2D eigenvalue weighted by Gasteiger charge is 2.53. The van der Waals surface area contributed by atoms with Gasteiger partial charge in [-0.05, 0) is 56.3 Å². The first-order valence-corrected chi connectivity index (χ1v) is 7.04. The van der Waals surface area contributed by atoms with Crippen LogP contribution in [0.2, 0.25) is 0 Å². The van der Waals surface area contributed by atoms with Gasteiger partial charge in [0.05, 0.1) is 7.11 Å². The number of hydrogen-bond donors (Lipinski definition) is 1. The molecule has 0 heterocycles. The second-order valence-corrected chi connectivity index (χ2v) is 6.17. The molecule has 0 spiro atoms. The minimum absolute atomic E-state index is 0.129. The zero-order valence-corrected chi connectivity index (χ0v) is 10.8. The molecule has 6 atom stereocenters. The monoisotopic (exact) mass is 237 g/mol. The van der Waals surface area contributed by atoms with E-state index in [2.05, 4.69) is 5.32 Å². The normalized spacial score (nSPS) is 44.7. The molecule has 0 saturated heterocycles. The van der Waals surface area contributed by atoms with Gasteiger partial charge in [0.15, 0.2) is 0 Å². The summed E-state index contributed by atoms with van der Waals surface area (Å²) in [5, 5.41) is 3.50. The minimum atomic E-state index is -0.149. The van der Waals surface area contributed by atoms with Gasteiger partial charge in [0.1, 0.15) is 6.04 Å². The zero-order chi connectivity index (χ0) is 12.0. The van der Waals surface area contributed by atoms with Crippen LogP contribution in [0.1, 0.15) is 39.0 Å². The maximum absolute atomic E-state index is 11.4. The number of nitrogens with one attached hydrogen (secondary N) is 1. The van der Waals surface area contributed by atoms with Crippen LogP contribution in [0.4, 0.5) is 0 Å². The van der Waals surface area contributed by atoms with Crippen LogP contribution in [-0.4, -0.2) is 25.2 Å². The Morgan fingerprint density at radius 1 is 1.24 bits per heavy atom. The molecule has 3 heteroatoms. The lowest BCUT2D eigenvalue weighted by Crippen LogP contribution is -2.46. The van der Waals surface area contributed by atoms with Crippen molar-refractivity contribution in [2.24, 2.45) is 23.7 Å². The number of esters is 1. The van der Waals surface area contributed by atoms with Gasteiger partial charge in [-0.2, -0.15) is 0 Å². The first-order chi connectivity index (χ1) is 8.20. The molecule has 0 aromatic heterocycles. The van der Waals surface area contributed by atoms with Crippen LogP contribution >= 0.6 is 0 Å². The van der Waals surface area contributed by atoms with Crippen molar-refractivity contribution in [3.63, 3.8) is 0 Å². The Hall–Kier alpha value is -0.570. The van der Waals surface area contributed by atoms with Crippen molar-refractivity contribution in [3.8, 4) is 0 Å². The third-order valence-electron chi connectivity index (χ3n) is 5.45. The number of carbonyl (C=O) groups excluding carboxylic acids is 1. The number of carbonyl (C=O) groups is 1. The second-order valence-electron chi connectivity index (χ2n) is 6.17. The molecular formula is C14H23NO2. The third-order valence-corrected chi connectivity index (χ3v) is 5.45. The van der Waals surface area contributed by atoms with E-state index >= 15 is 0 Å². The number of methoxy groups -OCH3 is 1. The average molecular weight is 237 g/mol. The van der Waals surface area contributed by atoms with Crippen LogP contribution in [0, 0.1) is 23.7 Å². The van der Waals surface area contributed by atoms with Crippen LogP contribution in [-0.2, 0) is 9.53 Å². The van der Waals surface area contributed by atoms with Gasteiger partial charge in [0.25, 0.3) is 0 Å². The lowest BCUT2D eigenvalue weighted by atomic mass is 9.79. The topological polar surface area (TPSA) is 38.3 Å². The molecular weight excluding hydrogens is 214 g/mol. The molecule has 5 unspecified atom stereocenters. The molecule has 0 aliphatic heterocycles. The van der Waals surface area contributed by atoms with Crippen molar-refractivity contribution in [3.05, 3.63) is 0 Å². The van der Waals surface area contributed by atoms with E-state index in [1.807, 2.05) is 6.92 Å². The largest absolute Gasteiger partial charge is 0.468 e. The van der Waals surface area contributed by atoms with E-state index in [1.165, 1.54) is 39.2 Å². The predicted octanol–water partition coefficient (Wildman–Crippen LogP) is 1.96. The van der Waals surface area contributed by atoms with E-state index in [0.29, 0.717) is 6.04 Å². The number of rotatable bonds is 3. The van der Waals surface area contributed by atoms with Gasteiger partial charge in [-0.1, -0.05) is 6.42 Å². The lowest BCUT2D eigenvalue weighted by Gasteiger charge is -2.33. The van der Waals surface area contributed by atoms with Crippen LogP contribution < -0.4 is 5.32 Å². The van der Waals surface area contributed by atoms with Gasteiger partial charge in [-0.15, -0.1) is 0 Å². The standard InChI is InChI=1S/C14H23NO2/c1-8(14(16)17-2)15-13-7-9-6-12(13)11-5-3-4-10(9)11/h8-13,15H,3-7H2,1-2H3/t8-,9?,10?,11?,12?,13?/m0/s1. The molecule has 3 nitrogen and oxygen atoms in total. The average Bonchev–Trinajstić information content (AvgIpc) is 2.98. The predicted molar refractivity (Wildman–Crippen MR) is 65.4 cm³/mol. The van der Waals surface area contributed by atoms with Crippen molar-refractivity contribution < 1.29 is 9.53 Å². The van der Waals surface area contributed by atoms with Gasteiger partial charge in [-0.3, -0.25) is 4.79 Å². The zero-order valence-electron chi connectivity index (χ0n) is 10.8. The Balaban J connectivity index is 1.62. The van der Waals surface area contributed by atoms with Gasteiger partial charge < -0.3 is 10.1 Å². The molecule has 3 rings (SSSR count). The summed E-state index contributed by atoms with van der Waals surface area (Å²) in [5.74, 6) is 3.62. The van der Waals surface area contributed by atoms with Gasteiger partial charge >= 0.3 is 5.97 Å². The summed E-state index contributed by atoms with van der Waals surface area (Å²) in [6, 6.07) is 0.414. The van der Waals surface area contributed by atoms with Crippen molar-refractivity contribution in [2.45, 2.75) is 51.1 Å². The van der Waals surface area contributed by atoms with Gasteiger partial charge in [0, 0.05) is 6.04 Å². The van der Waals surface area contributed by atoms with E-state index in [0.717, 1.165) is 23.7 Å². The first kappa shape index (κ1) is 11.5. The maximum Gasteiger partial charge on any atom is 0.322 e. The molecule has 3 aliphatic rings. The van der Waals surface area contributed by atoms with Crippen molar-refractivity contribution in [2.75, 3.05) is 7.11 Å². The highest BCUT2D eigenvalue weighted by atomic mass is 16.5. The van der Waals surface area contributed by atoms with Crippen LogP contribution in [0.25, 0.3) is 0 Å². The summed E-state index contributed by atoms with van der Waals surface area (Å²) >= 11 is 0. The first-order valence-electron chi connectivity index (χ1n) is 7.04. The fraction of sp³-hybridized carbons (Fsp3) is 0.929. The number of hydrogen-bond acceptors (Lipinski definition) is 3. The SMILES string of the molecule is COC(=O)[C@H](C)NC1CC2CC1C1CCCC21. The summed E-state index contributed by atoms with van der Waals surface area (Å²) < 4.78 is 4.79. The fourth-order valence-corrected chi connectivity index (χ4v) is 4.83. The Labute approximate surface area is 103 Å². The molecule has 96 valence electrons. The van der Waals surface area contributed by atoms with Crippen LogP contribution in [0.3, 0.4) is 0 Å². The Bertz CT molecular complexity index is 317. The summed E-state index contributed by atoms with van der Waals surface area (Å²) in [6.07, 6.45) is 7.01. The molecule has 3 fully saturated rings. The number of ether oxygens (including phenoxy) is 1. The molecule has 0 aromatic rings. The summed E-state index contributed by atoms with van der Waals surface area (Å²) in [4.78, 5) is 11.4. The van der Waals surface area contributed by atoms with Crippen molar-refractivity contribution in [1.82, 2.24) is 5.32 Å². The Morgan fingerprint density at radius 2 is 2.00 bits per heavy atom. The summed E-state index contributed by atoms with van der Waals surface area (Å²) in [5.41, 5.74) is 0. The minimum Gasteiger partial charge on any atom is -0.468 e. The molecule has 2 bridgehead atoms. The fourth-order valence-electron chi connectivity index (χ4n) is 4.83. The third kappa shape index (κ3) is 1.79. The van der Waals surface area contributed by atoms with E-state index in [4.69, 9.17) is 4.74 Å². The summed E-state index contributed by atoms with van der Waals surface area (Å²) in [6.45, 7) is 1.92.